The van der Waals surface area contributed by atoms with Gasteiger partial charge >= 0.3 is 0 Å². The highest BCUT2D eigenvalue weighted by Crippen LogP contribution is 2.11. The lowest BCUT2D eigenvalue weighted by molar-refractivity contribution is 0.286. The highest BCUT2D eigenvalue weighted by molar-refractivity contribution is 5.23. The van der Waals surface area contributed by atoms with Gasteiger partial charge in [0.15, 0.2) is 5.75 Å². The summed E-state index contributed by atoms with van der Waals surface area (Å²) in [5.41, 5.74) is 1.74. The number of pyridine rings is 1. The molecule has 0 aliphatic rings. The first kappa shape index (κ1) is 15.3. The van der Waals surface area contributed by atoms with E-state index in [-0.39, 0.29) is 11.2 Å². The number of nitrogens with zero attached hydrogens (tertiary/aromatic N) is 2. The molecular weight excluding hydrogens is 264 g/mol. The minimum Gasteiger partial charge on any atom is -0.503 e. The largest absolute Gasteiger partial charge is 0.503 e. The Morgan fingerprint density at radius 2 is 1.81 bits per heavy atom. The Kier molecular flexibility index (Phi) is 5.17. The normalized spacial score (nSPS) is 11.0. The van der Waals surface area contributed by atoms with Crippen LogP contribution in [0.1, 0.15) is 25.1 Å². The molecule has 1 heterocycles. The molecule has 0 aliphatic heterocycles. The molecule has 21 heavy (non-hydrogen) atoms. The van der Waals surface area contributed by atoms with Crippen LogP contribution in [-0.4, -0.2) is 27.7 Å². The zero-order valence-electron chi connectivity index (χ0n) is 12.6. The van der Waals surface area contributed by atoms with Crippen LogP contribution in [0, 0.1) is 0 Å². The standard InChI is InChI=1S/C17H22N2O2/c1-3-18(4-2)12-15-10-16(20)17(21)13-19(15)11-14-8-6-5-7-9-14/h5-10,13,21H,3-4,11-12H2,1-2H3. The molecule has 0 saturated heterocycles. The molecule has 4 heteroatoms. The number of rotatable bonds is 6. The number of hydrogen-bond donors (Lipinski definition) is 1. The first-order valence-electron chi connectivity index (χ1n) is 7.32. The van der Waals surface area contributed by atoms with Crippen molar-refractivity contribution in [3.05, 3.63) is 64.1 Å². The lowest BCUT2D eigenvalue weighted by Crippen LogP contribution is -2.26. The quantitative estimate of drug-likeness (QED) is 0.887. The summed E-state index contributed by atoms with van der Waals surface area (Å²) in [6.07, 6.45) is 1.54. The monoisotopic (exact) mass is 286 g/mol. The maximum Gasteiger partial charge on any atom is 0.223 e. The van der Waals surface area contributed by atoms with Crippen molar-refractivity contribution in [2.24, 2.45) is 0 Å². The molecule has 0 bridgehead atoms. The smallest absolute Gasteiger partial charge is 0.223 e. The van der Waals surface area contributed by atoms with Crippen LogP contribution in [0.25, 0.3) is 0 Å². The summed E-state index contributed by atoms with van der Waals surface area (Å²) in [4.78, 5) is 14.0. The molecule has 4 nitrogen and oxygen atoms in total. The molecule has 1 aromatic heterocycles. The van der Waals surface area contributed by atoms with Gasteiger partial charge in [-0.05, 0) is 18.7 Å². The van der Waals surface area contributed by atoms with Gasteiger partial charge in [-0.2, -0.15) is 0 Å². The van der Waals surface area contributed by atoms with E-state index >= 15 is 0 Å². The molecule has 0 aliphatic carbocycles. The molecule has 0 fully saturated rings. The fourth-order valence-corrected chi connectivity index (χ4v) is 2.34. The Morgan fingerprint density at radius 1 is 1.14 bits per heavy atom. The van der Waals surface area contributed by atoms with Crippen LogP contribution in [0.5, 0.6) is 5.75 Å². The van der Waals surface area contributed by atoms with E-state index in [2.05, 4.69) is 18.7 Å². The average Bonchev–Trinajstić information content (AvgIpc) is 2.50. The highest BCUT2D eigenvalue weighted by atomic mass is 16.3. The van der Waals surface area contributed by atoms with E-state index in [1.807, 2.05) is 34.9 Å². The summed E-state index contributed by atoms with van der Waals surface area (Å²) in [6.45, 7) is 7.40. The fourth-order valence-electron chi connectivity index (χ4n) is 2.34. The number of benzene rings is 1. The molecule has 0 saturated carbocycles. The minimum absolute atomic E-state index is 0.200. The average molecular weight is 286 g/mol. The van der Waals surface area contributed by atoms with E-state index in [0.717, 1.165) is 24.3 Å². The summed E-state index contributed by atoms with van der Waals surface area (Å²) in [5.74, 6) is -0.200. The highest BCUT2D eigenvalue weighted by Gasteiger charge is 2.09. The van der Waals surface area contributed by atoms with E-state index in [1.54, 1.807) is 0 Å². The molecule has 2 rings (SSSR count). The van der Waals surface area contributed by atoms with Crippen LogP contribution < -0.4 is 5.43 Å². The van der Waals surface area contributed by atoms with Gasteiger partial charge in [0.2, 0.25) is 5.43 Å². The van der Waals surface area contributed by atoms with E-state index < -0.39 is 0 Å². The second kappa shape index (κ2) is 7.09. The number of aromatic nitrogens is 1. The van der Waals surface area contributed by atoms with Crippen LogP contribution in [0.2, 0.25) is 0 Å². The van der Waals surface area contributed by atoms with Crippen molar-refractivity contribution < 1.29 is 5.11 Å². The van der Waals surface area contributed by atoms with Gasteiger partial charge < -0.3 is 9.67 Å². The maximum atomic E-state index is 11.7. The van der Waals surface area contributed by atoms with Crippen molar-refractivity contribution >= 4 is 0 Å². The summed E-state index contributed by atoms with van der Waals surface area (Å²) in [7, 11) is 0. The zero-order chi connectivity index (χ0) is 15.2. The van der Waals surface area contributed by atoms with Crippen LogP contribution in [-0.2, 0) is 13.1 Å². The fraction of sp³-hybridized carbons (Fsp3) is 0.353. The van der Waals surface area contributed by atoms with Gasteiger partial charge in [0.1, 0.15) is 0 Å². The van der Waals surface area contributed by atoms with Crippen LogP contribution in [0.4, 0.5) is 0 Å². The Morgan fingerprint density at radius 3 is 2.43 bits per heavy atom. The molecule has 0 amide bonds. The van der Waals surface area contributed by atoms with Crippen molar-refractivity contribution in [3.8, 4) is 5.75 Å². The predicted octanol–water partition coefficient (Wildman–Crippen LogP) is 2.44. The summed E-state index contributed by atoms with van der Waals surface area (Å²) in [6, 6.07) is 11.6. The van der Waals surface area contributed by atoms with Gasteiger partial charge in [-0.3, -0.25) is 9.69 Å². The van der Waals surface area contributed by atoms with E-state index in [4.69, 9.17) is 0 Å². The SMILES string of the molecule is CCN(CC)Cc1cc(=O)c(O)cn1Cc1ccccc1. The van der Waals surface area contributed by atoms with Crippen molar-refractivity contribution in [1.29, 1.82) is 0 Å². The molecule has 2 aromatic rings. The molecule has 0 atom stereocenters. The van der Waals surface area contributed by atoms with Gasteiger partial charge in [0.25, 0.3) is 0 Å². The minimum atomic E-state index is -0.318. The van der Waals surface area contributed by atoms with Crippen LogP contribution in [0.3, 0.4) is 0 Å². The summed E-state index contributed by atoms with van der Waals surface area (Å²) in [5, 5.41) is 9.70. The molecule has 1 aromatic carbocycles. The third kappa shape index (κ3) is 3.95. The molecule has 112 valence electrons. The maximum absolute atomic E-state index is 11.7. The first-order chi connectivity index (χ1) is 10.1. The topological polar surface area (TPSA) is 45.5 Å². The lowest BCUT2D eigenvalue weighted by atomic mass is 10.2. The van der Waals surface area contributed by atoms with E-state index in [9.17, 15) is 9.90 Å². The number of hydrogen-bond acceptors (Lipinski definition) is 3. The van der Waals surface area contributed by atoms with Crippen molar-refractivity contribution in [2.45, 2.75) is 26.9 Å². The Labute approximate surface area is 125 Å². The summed E-state index contributed by atoms with van der Waals surface area (Å²) < 4.78 is 1.95. The predicted molar refractivity (Wildman–Crippen MR) is 84.5 cm³/mol. The Bertz CT molecular complexity index is 631. The van der Waals surface area contributed by atoms with Crippen LogP contribution in [0.15, 0.2) is 47.4 Å². The summed E-state index contributed by atoms with van der Waals surface area (Å²) >= 11 is 0. The molecular formula is C17H22N2O2. The molecule has 1 N–H and O–H groups in total. The number of aromatic hydroxyl groups is 1. The van der Waals surface area contributed by atoms with E-state index in [1.165, 1.54) is 12.3 Å². The van der Waals surface area contributed by atoms with Gasteiger partial charge in [0.05, 0.1) is 6.20 Å². The first-order valence-corrected chi connectivity index (χ1v) is 7.32. The molecule has 0 unspecified atom stereocenters. The van der Waals surface area contributed by atoms with E-state index in [0.29, 0.717) is 13.1 Å². The molecule has 0 radical (unpaired) electrons. The molecule has 0 spiro atoms. The third-order valence-electron chi connectivity index (χ3n) is 3.67. The second-order valence-corrected chi connectivity index (χ2v) is 5.09. The van der Waals surface area contributed by atoms with Gasteiger partial charge in [-0.15, -0.1) is 0 Å². The van der Waals surface area contributed by atoms with Gasteiger partial charge in [-0.1, -0.05) is 44.2 Å². The Hall–Kier alpha value is -2.07. The second-order valence-electron chi connectivity index (χ2n) is 5.09. The van der Waals surface area contributed by atoms with Crippen molar-refractivity contribution in [2.75, 3.05) is 13.1 Å². The lowest BCUT2D eigenvalue weighted by Gasteiger charge is -2.21. The van der Waals surface area contributed by atoms with Crippen LogP contribution >= 0.6 is 0 Å². The van der Waals surface area contributed by atoms with Crippen molar-refractivity contribution in [1.82, 2.24) is 9.47 Å². The van der Waals surface area contributed by atoms with Gasteiger partial charge in [-0.25, -0.2) is 0 Å². The third-order valence-corrected chi connectivity index (χ3v) is 3.67. The van der Waals surface area contributed by atoms with Crippen molar-refractivity contribution in [3.63, 3.8) is 0 Å². The Balaban J connectivity index is 2.34. The van der Waals surface area contributed by atoms with Gasteiger partial charge in [0, 0.05) is 24.8 Å². The zero-order valence-corrected chi connectivity index (χ0v) is 12.6.